The normalized spacial score (nSPS) is 19.2. The molecular weight excluding hydrogens is 392 g/mol. The number of fused-ring (bicyclic) bond motifs is 1. The predicted molar refractivity (Wildman–Crippen MR) is 116 cm³/mol. The standard InChI is InChI=1S/C25H24N2O4/c1-25(2)24(29)23(20-12-18(13-26)8-10-21(20)31-25)27-14-19(9-11-22(27)28)16-30-15-17-6-4-3-5-7-17/h3-12,14,23-24,29H,15-16H2,1-2H3/t23-,24+/m0/s1. The van der Waals surface area contributed by atoms with Crippen LogP contribution in [0.4, 0.5) is 0 Å². The molecule has 2 aromatic carbocycles. The maximum Gasteiger partial charge on any atom is 0.251 e. The summed E-state index contributed by atoms with van der Waals surface area (Å²) in [5, 5.41) is 20.4. The minimum atomic E-state index is -0.993. The van der Waals surface area contributed by atoms with Gasteiger partial charge in [-0.3, -0.25) is 4.79 Å². The molecule has 0 radical (unpaired) electrons. The lowest BCUT2D eigenvalue weighted by molar-refractivity contribution is -0.0643. The van der Waals surface area contributed by atoms with Crippen LogP contribution in [0, 0.1) is 11.3 Å². The number of nitrogens with zero attached hydrogens (tertiary/aromatic N) is 2. The van der Waals surface area contributed by atoms with Gasteiger partial charge in [-0.05, 0) is 49.2 Å². The number of nitriles is 1. The fourth-order valence-electron chi connectivity index (χ4n) is 3.85. The van der Waals surface area contributed by atoms with E-state index in [-0.39, 0.29) is 5.56 Å². The van der Waals surface area contributed by atoms with Crippen molar-refractivity contribution in [2.75, 3.05) is 0 Å². The number of hydrogen-bond donors (Lipinski definition) is 1. The molecule has 0 saturated heterocycles. The van der Waals surface area contributed by atoms with Crippen LogP contribution in [0.3, 0.4) is 0 Å². The average molecular weight is 416 g/mol. The lowest BCUT2D eigenvalue weighted by Gasteiger charge is -2.42. The van der Waals surface area contributed by atoms with Crippen molar-refractivity contribution < 1.29 is 14.6 Å². The Morgan fingerprint density at radius 3 is 2.58 bits per heavy atom. The van der Waals surface area contributed by atoms with Crippen molar-refractivity contribution in [3.63, 3.8) is 0 Å². The zero-order chi connectivity index (χ0) is 22.0. The Morgan fingerprint density at radius 1 is 1.10 bits per heavy atom. The van der Waals surface area contributed by atoms with Crippen LogP contribution in [0.25, 0.3) is 0 Å². The van der Waals surface area contributed by atoms with Gasteiger partial charge in [0.15, 0.2) is 0 Å². The Morgan fingerprint density at radius 2 is 1.84 bits per heavy atom. The van der Waals surface area contributed by atoms with Gasteiger partial charge in [0.2, 0.25) is 0 Å². The number of ether oxygens (including phenoxy) is 2. The third-order valence-electron chi connectivity index (χ3n) is 5.52. The van der Waals surface area contributed by atoms with Gasteiger partial charge in [0, 0.05) is 17.8 Å². The largest absolute Gasteiger partial charge is 0.485 e. The molecule has 31 heavy (non-hydrogen) atoms. The van der Waals surface area contributed by atoms with E-state index in [1.807, 2.05) is 30.3 Å². The third-order valence-corrected chi connectivity index (χ3v) is 5.52. The van der Waals surface area contributed by atoms with Gasteiger partial charge in [0.05, 0.1) is 30.9 Å². The van der Waals surface area contributed by atoms with E-state index in [0.717, 1.165) is 11.1 Å². The van der Waals surface area contributed by atoms with E-state index in [1.54, 1.807) is 44.3 Å². The number of aliphatic hydroxyl groups is 1. The molecule has 0 amide bonds. The van der Waals surface area contributed by atoms with Crippen molar-refractivity contribution in [1.82, 2.24) is 4.57 Å². The molecule has 0 spiro atoms. The van der Waals surface area contributed by atoms with Crippen molar-refractivity contribution >= 4 is 0 Å². The molecular formula is C25H24N2O4. The molecule has 1 aliphatic heterocycles. The van der Waals surface area contributed by atoms with Crippen LogP contribution in [-0.4, -0.2) is 21.4 Å². The summed E-state index contributed by atoms with van der Waals surface area (Å²) in [6.07, 6.45) is 0.720. The van der Waals surface area contributed by atoms with Gasteiger partial charge in [0.1, 0.15) is 17.5 Å². The van der Waals surface area contributed by atoms with Crippen molar-refractivity contribution in [3.05, 3.63) is 99.5 Å². The first-order valence-electron chi connectivity index (χ1n) is 10.1. The molecule has 1 N–H and O–H groups in total. The summed E-state index contributed by atoms with van der Waals surface area (Å²) in [5.74, 6) is 0.553. The molecule has 1 aromatic heterocycles. The minimum Gasteiger partial charge on any atom is -0.485 e. The van der Waals surface area contributed by atoms with Gasteiger partial charge in [-0.15, -0.1) is 0 Å². The average Bonchev–Trinajstić information content (AvgIpc) is 2.76. The van der Waals surface area contributed by atoms with Crippen LogP contribution >= 0.6 is 0 Å². The SMILES string of the molecule is CC1(C)Oc2ccc(C#N)cc2[C@H](n2cc(COCc3ccccc3)ccc2=O)[C@H]1O. The number of pyridine rings is 1. The van der Waals surface area contributed by atoms with Crippen LogP contribution < -0.4 is 10.3 Å². The molecule has 0 fully saturated rings. The van der Waals surface area contributed by atoms with Crippen molar-refractivity contribution in [3.8, 4) is 11.8 Å². The maximum atomic E-state index is 12.8. The third kappa shape index (κ3) is 4.24. The van der Waals surface area contributed by atoms with Gasteiger partial charge >= 0.3 is 0 Å². The Bertz CT molecular complexity index is 1180. The van der Waals surface area contributed by atoms with E-state index in [0.29, 0.717) is 30.1 Å². The predicted octanol–water partition coefficient (Wildman–Crippen LogP) is 3.56. The quantitative estimate of drug-likeness (QED) is 0.688. The second-order valence-corrected chi connectivity index (χ2v) is 8.22. The Kier molecular flexibility index (Phi) is 5.64. The summed E-state index contributed by atoms with van der Waals surface area (Å²) < 4.78 is 13.3. The Balaban J connectivity index is 1.67. The number of benzene rings is 2. The first-order chi connectivity index (χ1) is 14.9. The monoisotopic (exact) mass is 416 g/mol. The van der Waals surface area contributed by atoms with Crippen molar-refractivity contribution in [1.29, 1.82) is 5.26 Å². The maximum absolute atomic E-state index is 12.8. The molecule has 0 aliphatic carbocycles. The van der Waals surface area contributed by atoms with Gasteiger partial charge in [-0.2, -0.15) is 5.26 Å². The second kappa shape index (κ2) is 8.38. The molecule has 2 heterocycles. The van der Waals surface area contributed by atoms with Crippen LogP contribution in [0.5, 0.6) is 5.75 Å². The number of hydrogen-bond acceptors (Lipinski definition) is 5. The summed E-state index contributed by atoms with van der Waals surface area (Å²) in [5.41, 5.74) is 1.76. The van der Waals surface area contributed by atoms with Crippen LogP contribution in [0.2, 0.25) is 0 Å². The Labute approximate surface area is 180 Å². The van der Waals surface area contributed by atoms with Crippen molar-refractivity contribution in [2.24, 2.45) is 0 Å². The molecule has 3 aromatic rings. The zero-order valence-electron chi connectivity index (χ0n) is 17.5. The van der Waals surface area contributed by atoms with Crippen LogP contribution in [0.15, 0.2) is 71.7 Å². The van der Waals surface area contributed by atoms with Gasteiger partial charge in [0.25, 0.3) is 5.56 Å². The summed E-state index contributed by atoms with van der Waals surface area (Å²) in [7, 11) is 0. The molecule has 0 saturated carbocycles. The molecule has 1 aliphatic rings. The number of aromatic nitrogens is 1. The highest BCUT2D eigenvalue weighted by atomic mass is 16.5. The Hall–Kier alpha value is -3.40. The van der Waals surface area contributed by atoms with E-state index < -0.39 is 17.7 Å². The smallest absolute Gasteiger partial charge is 0.251 e. The lowest BCUT2D eigenvalue weighted by atomic mass is 9.85. The first-order valence-corrected chi connectivity index (χ1v) is 10.1. The number of rotatable bonds is 5. The fourth-order valence-corrected chi connectivity index (χ4v) is 3.85. The van der Waals surface area contributed by atoms with E-state index in [1.165, 1.54) is 10.6 Å². The van der Waals surface area contributed by atoms with Gasteiger partial charge in [-0.25, -0.2) is 0 Å². The highest BCUT2D eigenvalue weighted by Crippen LogP contribution is 2.41. The number of aliphatic hydroxyl groups excluding tert-OH is 1. The summed E-state index contributed by atoms with van der Waals surface area (Å²) in [4.78, 5) is 12.8. The van der Waals surface area contributed by atoms with Crippen molar-refractivity contribution in [2.45, 2.75) is 44.8 Å². The van der Waals surface area contributed by atoms with E-state index in [9.17, 15) is 15.2 Å². The molecule has 2 atom stereocenters. The second-order valence-electron chi connectivity index (χ2n) is 8.22. The highest BCUT2D eigenvalue weighted by Gasteiger charge is 2.44. The van der Waals surface area contributed by atoms with Crippen LogP contribution in [0.1, 0.15) is 42.1 Å². The highest BCUT2D eigenvalue weighted by molar-refractivity contribution is 5.46. The molecule has 0 unspecified atom stereocenters. The van der Waals surface area contributed by atoms with Crippen LogP contribution in [-0.2, 0) is 18.0 Å². The van der Waals surface area contributed by atoms with Gasteiger partial charge < -0.3 is 19.1 Å². The van der Waals surface area contributed by atoms with Gasteiger partial charge in [-0.1, -0.05) is 30.3 Å². The van der Waals surface area contributed by atoms with E-state index in [4.69, 9.17) is 9.47 Å². The molecule has 6 heteroatoms. The summed E-state index contributed by atoms with van der Waals surface area (Å²) >= 11 is 0. The molecule has 4 rings (SSSR count). The zero-order valence-corrected chi connectivity index (χ0v) is 17.5. The molecule has 6 nitrogen and oxygen atoms in total. The summed E-state index contributed by atoms with van der Waals surface area (Å²) in [6.45, 7) is 4.34. The molecule has 158 valence electrons. The minimum absolute atomic E-state index is 0.248. The lowest BCUT2D eigenvalue weighted by Crippen LogP contribution is -2.52. The first kappa shape index (κ1) is 20.9. The topological polar surface area (TPSA) is 84.5 Å². The molecule has 0 bridgehead atoms. The fraction of sp³-hybridized carbons (Fsp3) is 0.280. The van der Waals surface area contributed by atoms with E-state index >= 15 is 0 Å². The summed E-state index contributed by atoms with van der Waals surface area (Å²) in [6, 6.07) is 19.5. The van der Waals surface area contributed by atoms with E-state index in [2.05, 4.69) is 6.07 Å².